The maximum Gasteiger partial charge on any atom is 0.165 e. The van der Waals surface area contributed by atoms with E-state index in [-0.39, 0.29) is 6.10 Å². The summed E-state index contributed by atoms with van der Waals surface area (Å²) in [7, 11) is 4.98. The number of ether oxygens (including phenoxy) is 4. The highest BCUT2D eigenvalue weighted by atomic mass is 16.5. The third kappa shape index (κ3) is 5.30. The van der Waals surface area contributed by atoms with Gasteiger partial charge in [-0.05, 0) is 50.6 Å². The minimum atomic E-state index is 0.120. The lowest BCUT2D eigenvalue weighted by Crippen LogP contribution is -2.17. The van der Waals surface area contributed by atoms with Gasteiger partial charge in [-0.25, -0.2) is 0 Å². The van der Waals surface area contributed by atoms with Gasteiger partial charge >= 0.3 is 0 Å². The molecule has 1 N–H and O–H groups in total. The van der Waals surface area contributed by atoms with Crippen molar-refractivity contribution in [1.29, 1.82) is 0 Å². The molecule has 0 unspecified atom stereocenters. The van der Waals surface area contributed by atoms with Crippen LogP contribution in [-0.4, -0.2) is 34.0 Å². The number of nitrogens with one attached hydrogen (secondary N) is 1. The Kier molecular flexibility index (Phi) is 7.60. The molecule has 0 aliphatic carbocycles. The molecule has 0 heterocycles. The van der Waals surface area contributed by atoms with Crippen LogP contribution in [-0.2, 0) is 13.0 Å². The summed E-state index contributed by atoms with van der Waals surface area (Å²) in [5.74, 6) is 3.07. The van der Waals surface area contributed by atoms with Crippen LogP contribution in [0.15, 0.2) is 36.4 Å². The van der Waals surface area contributed by atoms with E-state index < -0.39 is 0 Å². The zero-order valence-electron chi connectivity index (χ0n) is 16.3. The average Bonchev–Trinajstić information content (AvgIpc) is 2.65. The van der Waals surface area contributed by atoms with Gasteiger partial charge in [0.15, 0.2) is 23.0 Å². The molecule has 0 aliphatic heterocycles. The molecular formula is C21H29NO4. The number of benzene rings is 2. The molecule has 0 atom stereocenters. The van der Waals surface area contributed by atoms with Crippen molar-refractivity contribution < 1.29 is 18.9 Å². The Labute approximate surface area is 156 Å². The molecule has 2 rings (SSSR count). The molecule has 0 saturated carbocycles. The van der Waals surface area contributed by atoms with E-state index in [1.807, 2.05) is 44.2 Å². The first-order valence-electron chi connectivity index (χ1n) is 8.83. The minimum Gasteiger partial charge on any atom is -0.493 e. The second kappa shape index (κ2) is 9.92. The van der Waals surface area contributed by atoms with Gasteiger partial charge in [0.25, 0.3) is 0 Å². The van der Waals surface area contributed by atoms with Crippen molar-refractivity contribution in [2.45, 2.75) is 32.9 Å². The number of para-hydroxylation sites is 1. The molecule has 0 aliphatic rings. The van der Waals surface area contributed by atoms with Gasteiger partial charge in [-0.3, -0.25) is 0 Å². The second-order valence-corrected chi connectivity index (χ2v) is 6.23. The summed E-state index contributed by atoms with van der Waals surface area (Å²) in [4.78, 5) is 0. The lowest BCUT2D eigenvalue weighted by Gasteiger charge is -2.15. The zero-order chi connectivity index (χ0) is 18.9. The molecule has 0 aromatic heterocycles. The molecule has 0 radical (unpaired) electrons. The SMILES string of the molecule is COc1cc(CCNCc2cccc(OC)c2OC)ccc1OC(C)C. The predicted molar refractivity (Wildman–Crippen MR) is 104 cm³/mol. The molecule has 0 spiro atoms. The van der Waals surface area contributed by atoms with E-state index in [9.17, 15) is 0 Å². The molecule has 0 saturated heterocycles. The normalized spacial score (nSPS) is 10.7. The first-order valence-corrected chi connectivity index (χ1v) is 8.83. The summed E-state index contributed by atoms with van der Waals surface area (Å²) in [5.41, 5.74) is 2.27. The largest absolute Gasteiger partial charge is 0.493 e. The summed E-state index contributed by atoms with van der Waals surface area (Å²) in [5, 5.41) is 3.45. The summed E-state index contributed by atoms with van der Waals surface area (Å²) in [6.45, 7) is 5.56. The van der Waals surface area contributed by atoms with Crippen LogP contribution in [0.4, 0.5) is 0 Å². The average molecular weight is 359 g/mol. The fraction of sp³-hybridized carbons (Fsp3) is 0.429. The van der Waals surface area contributed by atoms with Gasteiger partial charge in [0, 0.05) is 12.1 Å². The minimum absolute atomic E-state index is 0.120. The molecule has 0 amide bonds. The number of hydrogen-bond donors (Lipinski definition) is 1. The zero-order valence-corrected chi connectivity index (χ0v) is 16.3. The fourth-order valence-electron chi connectivity index (χ4n) is 2.77. The number of methoxy groups -OCH3 is 3. The van der Waals surface area contributed by atoms with Crippen LogP contribution in [0.2, 0.25) is 0 Å². The quantitative estimate of drug-likeness (QED) is 0.653. The summed E-state index contributed by atoms with van der Waals surface area (Å²) < 4.78 is 22.0. The van der Waals surface area contributed by atoms with Crippen LogP contribution < -0.4 is 24.3 Å². The molecule has 0 fully saturated rings. The van der Waals surface area contributed by atoms with Crippen LogP contribution in [0.25, 0.3) is 0 Å². The van der Waals surface area contributed by atoms with E-state index in [4.69, 9.17) is 18.9 Å². The van der Waals surface area contributed by atoms with Crippen LogP contribution in [0.1, 0.15) is 25.0 Å². The Morgan fingerprint density at radius 2 is 1.65 bits per heavy atom. The molecule has 2 aromatic rings. The lowest BCUT2D eigenvalue weighted by atomic mass is 10.1. The van der Waals surface area contributed by atoms with Crippen molar-refractivity contribution in [2.75, 3.05) is 27.9 Å². The van der Waals surface area contributed by atoms with Crippen LogP contribution in [0, 0.1) is 0 Å². The smallest absolute Gasteiger partial charge is 0.165 e. The Morgan fingerprint density at radius 1 is 0.885 bits per heavy atom. The van der Waals surface area contributed by atoms with E-state index in [0.717, 1.165) is 41.5 Å². The second-order valence-electron chi connectivity index (χ2n) is 6.23. The van der Waals surface area contributed by atoms with E-state index in [0.29, 0.717) is 6.54 Å². The fourth-order valence-corrected chi connectivity index (χ4v) is 2.77. The molecule has 5 heteroatoms. The predicted octanol–water partition coefficient (Wildman–Crippen LogP) is 3.83. The molecule has 5 nitrogen and oxygen atoms in total. The van der Waals surface area contributed by atoms with Crippen molar-refractivity contribution in [1.82, 2.24) is 5.32 Å². The number of hydrogen-bond acceptors (Lipinski definition) is 5. The molecular weight excluding hydrogens is 330 g/mol. The first-order chi connectivity index (χ1) is 12.6. The maximum atomic E-state index is 5.76. The Balaban J connectivity index is 1.92. The van der Waals surface area contributed by atoms with Gasteiger partial charge in [-0.15, -0.1) is 0 Å². The summed E-state index contributed by atoms with van der Waals surface area (Å²) in [6.07, 6.45) is 1.01. The Hall–Kier alpha value is -2.40. The van der Waals surface area contributed by atoms with Gasteiger partial charge in [0.2, 0.25) is 0 Å². The molecule has 0 bridgehead atoms. The summed E-state index contributed by atoms with van der Waals surface area (Å²) >= 11 is 0. The Bertz CT molecular complexity index is 700. The van der Waals surface area contributed by atoms with Crippen molar-refractivity contribution >= 4 is 0 Å². The van der Waals surface area contributed by atoms with Gasteiger partial charge in [0.1, 0.15) is 0 Å². The van der Waals surface area contributed by atoms with Crippen LogP contribution >= 0.6 is 0 Å². The molecule has 2 aromatic carbocycles. The highest BCUT2D eigenvalue weighted by molar-refractivity contribution is 5.46. The topological polar surface area (TPSA) is 49.0 Å². The van der Waals surface area contributed by atoms with Crippen molar-refractivity contribution in [3.63, 3.8) is 0 Å². The van der Waals surface area contributed by atoms with Gasteiger partial charge in [0.05, 0.1) is 27.4 Å². The lowest BCUT2D eigenvalue weighted by molar-refractivity contribution is 0.230. The Morgan fingerprint density at radius 3 is 2.31 bits per heavy atom. The van der Waals surface area contributed by atoms with E-state index in [1.54, 1.807) is 21.3 Å². The van der Waals surface area contributed by atoms with E-state index in [1.165, 1.54) is 5.56 Å². The maximum absolute atomic E-state index is 5.76. The number of rotatable bonds is 10. The third-order valence-electron chi connectivity index (χ3n) is 3.98. The van der Waals surface area contributed by atoms with Gasteiger partial charge in [-0.2, -0.15) is 0 Å². The summed E-state index contributed by atoms with van der Waals surface area (Å²) in [6, 6.07) is 12.0. The van der Waals surface area contributed by atoms with Crippen molar-refractivity contribution in [2.24, 2.45) is 0 Å². The molecule has 142 valence electrons. The first kappa shape index (κ1) is 19.9. The van der Waals surface area contributed by atoms with E-state index >= 15 is 0 Å². The molecule has 26 heavy (non-hydrogen) atoms. The highest BCUT2D eigenvalue weighted by Gasteiger charge is 2.10. The van der Waals surface area contributed by atoms with Crippen molar-refractivity contribution in [3.05, 3.63) is 47.5 Å². The highest BCUT2D eigenvalue weighted by Crippen LogP contribution is 2.31. The standard InChI is InChI=1S/C21H29NO4/c1-15(2)26-18-10-9-16(13-20(18)24-4)11-12-22-14-17-7-6-8-19(23-3)21(17)25-5/h6-10,13,15,22H,11-12,14H2,1-5H3. The van der Waals surface area contributed by atoms with Crippen LogP contribution in [0.3, 0.4) is 0 Å². The monoisotopic (exact) mass is 359 g/mol. The van der Waals surface area contributed by atoms with Gasteiger partial charge < -0.3 is 24.3 Å². The van der Waals surface area contributed by atoms with Crippen molar-refractivity contribution in [3.8, 4) is 23.0 Å². The third-order valence-corrected chi connectivity index (χ3v) is 3.98. The van der Waals surface area contributed by atoms with Gasteiger partial charge in [-0.1, -0.05) is 18.2 Å². The van der Waals surface area contributed by atoms with E-state index in [2.05, 4.69) is 11.4 Å². The van der Waals surface area contributed by atoms with Crippen LogP contribution in [0.5, 0.6) is 23.0 Å².